The van der Waals surface area contributed by atoms with E-state index in [9.17, 15) is 18.0 Å². The Hall–Kier alpha value is -1.19. The summed E-state index contributed by atoms with van der Waals surface area (Å²) in [6.07, 6.45) is 2.73. The zero-order valence-electron chi connectivity index (χ0n) is 14.0. The number of piperidine rings is 1. The van der Waals surface area contributed by atoms with E-state index in [2.05, 4.69) is 0 Å². The lowest BCUT2D eigenvalue weighted by atomic mass is 10.0. The molecule has 0 aromatic heterocycles. The fourth-order valence-electron chi connectivity index (χ4n) is 3.30. The van der Waals surface area contributed by atoms with Gasteiger partial charge >= 0.3 is 5.97 Å². The molecule has 0 bridgehead atoms. The van der Waals surface area contributed by atoms with Crippen molar-refractivity contribution < 1.29 is 27.9 Å². The van der Waals surface area contributed by atoms with Crippen LogP contribution in [-0.4, -0.2) is 78.7 Å². The minimum atomic E-state index is -3.24. The summed E-state index contributed by atoms with van der Waals surface area (Å²) in [5, 5.41) is 9.11. The number of nitrogens with zero attached hydrogens (tertiary/aromatic N) is 2. The quantitative estimate of drug-likeness (QED) is 0.698. The highest BCUT2D eigenvalue weighted by Crippen LogP contribution is 2.22. The molecule has 8 nitrogen and oxygen atoms in total. The molecular formula is C15H26N2O6S. The molecule has 1 atom stereocenters. The summed E-state index contributed by atoms with van der Waals surface area (Å²) >= 11 is 0. The highest BCUT2D eigenvalue weighted by atomic mass is 32.2. The molecule has 1 unspecified atom stereocenters. The maximum absolute atomic E-state index is 12.5. The topological polar surface area (TPSA) is 104 Å². The van der Waals surface area contributed by atoms with Crippen molar-refractivity contribution in [3.05, 3.63) is 0 Å². The lowest BCUT2D eigenvalue weighted by Crippen LogP contribution is -2.50. The molecule has 2 rings (SSSR count). The molecule has 2 fully saturated rings. The van der Waals surface area contributed by atoms with E-state index in [1.165, 1.54) is 9.21 Å². The maximum Gasteiger partial charge on any atom is 0.323 e. The number of aliphatic carboxylic acids is 1. The standard InChI is InChI=1S/C15H26N2O6S/c1-2-24(21,22)16-7-5-12(6-8-16)17(11-15(19)20)14(18)10-13-4-3-9-23-13/h12-13H,2-11H2,1H3,(H,19,20). The summed E-state index contributed by atoms with van der Waals surface area (Å²) in [6.45, 7) is 2.54. The molecule has 1 amide bonds. The van der Waals surface area contributed by atoms with E-state index >= 15 is 0 Å². The zero-order chi connectivity index (χ0) is 17.7. The van der Waals surface area contributed by atoms with Crippen molar-refractivity contribution >= 4 is 21.9 Å². The number of ether oxygens (including phenoxy) is 1. The van der Waals surface area contributed by atoms with Gasteiger partial charge in [-0.1, -0.05) is 0 Å². The molecule has 2 saturated heterocycles. The number of sulfonamides is 1. The Morgan fingerprint density at radius 3 is 2.42 bits per heavy atom. The molecule has 9 heteroatoms. The van der Waals surface area contributed by atoms with Gasteiger partial charge in [-0.25, -0.2) is 12.7 Å². The van der Waals surface area contributed by atoms with Crippen molar-refractivity contribution in [2.24, 2.45) is 0 Å². The average Bonchev–Trinajstić information content (AvgIpc) is 3.05. The van der Waals surface area contributed by atoms with Crippen LogP contribution >= 0.6 is 0 Å². The summed E-state index contributed by atoms with van der Waals surface area (Å²) in [5.41, 5.74) is 0. The van der Waals surface area contributed by atoms with Gasteiger partial charge in [-0.3, -0.25) is 9.59 Å². The van der Waals surface area contributed by atoms with Crippen LogP contribution in [0.25, 0.3) is 0 Å². The van der Waals surface area contributed by atoms with Gasteiger partial charge in [0.25, 0.3) is 0 Å². The van der Waals surface area contributed by atoms with Crippen LogP contribution in [0.5, 0.6) is 0 Å². The van der Waals surface area contributed by atoms with Crippen molar-refractivity contribution in [2.75, 3.05) is 32.0 Å². The van der Waals surface area contributed by atoms with Gasteiger partial charge in [0.1, 0.15) is 6.54 Å². The zero-order valence-corrected chi connectivity index (χ0v) is 14.8. The number of carboxylic acid groups (broad SMARTS) is 1. The molecule has 2 aliphatic rings. The minimum absolute atomic E-state index is 0.0501. The monoisotopic (exact) mass is 362 g/mol. The fraction of sp³-hybridized carbons (Fsp3) is 0.867. The van der Waals surface area contributed by atoms with Gasteiger partial charge < -0.3 is 14.7 Å². The molecule has 0 aromatic rings. The van der Waals surface area contributed by atoms with Crippen LogP contribution in [0.4, 0.5) is 0 Å². The third-order valence-corrected chi connectivity index (χ3v) is 6.56. The van der Waals surface area contributed by atoms with Gasteiger partial charge in [0.15, 0.2) is 0 Å². The molecule has 24 heavy (non-hydrogen) atoms. The molecule has 0 aliphatic carbocycles. The van der Waals surface area contributed by atoms with Crippen LogP contribution in [0.3, 0.4) is 0 Å². The number of amides is 1. The van der Waals surface area contributed by atoms with Crippen LogP contribution in [0, 0.1) is 0 Å². The first kappa shape index (κ1) is 19.1. The summed E-state index contributed by atoms with van der Waals surface area (Å²) in [7, 11) is -3.24. The van der Waals surface area contributed by atoms with E-state index in [1.807, 2.05) is 0 Å². The Bertz CT molecular complexity index is 550. The first-order chi connectivity index (χ1) is 11.3. The second-order valence-corrected chi connectivity index (χ2v) is 8.54. The molecule has 2 aliphatic heterocycles. The second kappa shape index (κ2) is 8.26. The summed E-state index contributed by atoms with van der Waals surface area (Å²) in [5.74, 6) is -1.23. The molecule has 0 spiro atoms. The number of carboxylic acids is 1. The normalized spacial score (nSPS) is 23.3. The van der Waals surface area contributed by atoms with E-state index in [1.54, 1.807) is 6.92 Å². The summed E-state index contributed by atoms with van der Waals surface area (Å²) in [4.78, 5) is 25.0. The Morgan fingerprint density at radius 1 is 1.25 bits per heavy atom. The largest absolute Gasteiger partial charge is 0.480 e. The molecule has 0 saturated carbocycles. The Balaban J connectivity index is 1.98. The number of hydrogen-bond acceptors (Lipinski definition) is 5. The maximum atomic E-state index is 12.5. The number of hydrogen-bond donors (Lipinski definition) is 1. The fourth-order valence-corrected chi connectivity index (χ4v) is 4.43. The van der Waals surface area contributed by atoms with Gasteiger partial charge in [-0.05, 0) is 32.6 Å². The van der Waals surface area contributed by atoms with Gasteiger partial charge in [0, 0.05) is 25.7 Å². The van der Waals surface area contributed by atoms with E-state index < -0.39 is 16.0 Å². The predicted molar refractivity (Wildman–Crippen MR) is 87.0 cm³/mol. The van der Waals surface area contributed by atoms with Crippen molar-refractivity contribution in [2.45, 2.75) is 51.2 Å². The molecule has 0 radical (unpaired) electrons. The summed E-state index contributed by atoms with van der Waals surface area (Å²) < 4.78 is 30.7. The van der Waals surface area contributed by atoms with Gasteiger partial charge in [0.05, 0.1) is 18.3 Å². The van der Waals surface area contributed by atoms with Crippen LogP contribution in [0.2, 0.25) is 0 Å². The van der Waals surface area contributed by atoms with E-state index in [4.69, 9.17) is 9.84 Å². The Kier molecular flexibility index (Phi) is 6.59. The van der Waals surface area contributed by atoms with Crippen molar-refractivity contribution in [1.29, 1.82) is 0 Å². The molecule has 0 aromatic carbocycles. The minimum Gasteiger partial charge on any atom is -0.480 e. The lowest BCUT2D eigenvalue weighted by molar-refractivity contribution is -0.148. The van der Waals surface area contributed by atoms with Gasteiger partial charge in [-0.2, -0.15) is 0 Å². The predicted octanol–water partition coefficient (Wildman–Crippen LogP) is 0.283. The average molecular weight is 362 g/mol. The smallest absolute Gasteiger partial charge is 0.323 e. The number of carbonyl (C=O) groups is 2. The molecule has 1 N–H and O–H groups in total. The van der Waals surface area contributed by atoms with Crippen molar-refractivity contribution in [3.63, 3.8) is 0 Å². The molecule has 138 valence electrons. The van der Waals surface area contributed by atoms with Crippen LogP contribution < -0.4 is 0 Å². The highest BCUT2D eigenvalue weighted by Gasteiger charge is 2.33. The van der Waals surface area contributed by atoms with Crippen LogP contribution in [0.15, 0.2) is 0 Å². The van der Waals surface area contributed by atoms with Crippen LogP contribution in [-0.2, 0) is 24.3 Å². The first-order valence-corrected chi connectivity index (χ1v) is 10.0. The third-order valence-electron chi connectivity index (χ3n) is 4.67. The van der Waals surface area contributed by atoms with E-state index in [-0.39, 0.29) is 36.8 Å². The summed E-state index contributed by atoms with van der Waals surface area (Å²) in [6, 6.07) is -0.238. The SMILES string of the molecule is CCS(=O)(=O)N1CCC(N(CC(=O)O)C(=O)CC2CCCO2)CC1. The second-order valence-electron chi connectivity index (χ2n) is 6.29. The van der Waals surface area contributed by atoms with E-state index in [0.29, 0.717) is 32.5 Å². The first-order valence-electron chi connectivity index (χ1n) is 8.44. The number of rotatable bonds is 7. The van der Waals surface area contributed by atoms with E-state index in [0.717, 1.165) is 12.8 Å². The highest BCUT2D eigenvalue weighted by molar-refractivity contribution is 7.89. The van der Waals surface area contributed by atoms with Crippen molar-refractivity contribution in [3.8, 4) is 0 Å². The van der Waals surface area contributed by atoms with Crippen molar-refractivity contribution in [1.82, 2.24) is 9.21 Å². The third kappa shape index (κ3) is 4.90. The Labute approximate surface area is 142 Å². The van der Waals surface area contributed by atoms with Gasteiger partial charge in [0.2, 0.25) is 15.9 Å². The Morgan fingerprint density at radius 2 is 1.92 bits per heavy atom. The number of carbonyl (C=O) groups excluding carboxylic acids is 1. The van der Waals surface area contributed by atoms with Crippen LogP contribution in [0.1, 0.15) is 39.0 Å². The van der Waals surface area contributed by atoms with Gasteiger partial charge in [-0.15, -0.1) is 0 Å². The molecular weight excluding hydrogens is 336 g/mol. The molecule has 2 heterocycles. The lowest BCUT2D eigenvalue weighted by Gasteiger charge is -2.37.